The second-order valence-electron chi connectivity index (χ2n) is 5.91. The van der Waals surface area contributed by atoms with Gasteiger partial charge < -0.3 is 19.5 Å². The van der Waals surface area contributed by atoms with E-state index in [9.17, 15) is 0 Å². The molecule has 3 atom stereocenters. The summed E-state index contributed by atoms with van der Waals surface area (Å²) in [6.07, 6.45) is 4.37. The molecule has 0 aromatic carbocycles. The van der Waals surface area contributed by atoms with E-state index in [4.69, 9.17) is 14.2 Å². The molecule has 20 heavy (non-hydrogen) atoms. The zero-order valence-electron chi connectivity index (χ0n) is 13.0. The van der Waals surface area contributed by atoms with Gasteiger partial charge in [0.25, 0.3) is 0 Å². The van der Waals surface area contributed by atoms with E-state index in [1.807, 2.05) is 11.8 Å². The first-order valence-corrected chi connectivity index (χ1v) is 8.91. The van der Waals surface area contributed by atoms with E-state index in [-0.39, 0.29) is 17.9 Å². The summed E-state index contributed by atoms with van der Waals surface area (Å²) >= 11 is 2.02. The van der Waals surface area contributed by atoms with Crippen LogP contribution in [0.2, 0.25) is 0 Å². The second-order valence-corrected chi connectivity index (χ2v) is 7.01. The lowest BCUT2D eigenvalue weighted by Crippen LogP contribution is -2.52. The third kappa shape index (κ3) is 3.89. The summed E-state index contributed by atoms with van der Waals surface area (Å²) in [6, 6.07) is 0.260. The van der Waals surface area contributed by atoms with Crippen LogP contribution in [0, 0.1) is 5.92 Å². The Morgan fingerprint density at radius 3 is 2.80 bits per heavy atom. The van der Waals surface area contributed by atoms with Crippen LogP contribution in [0.15, 0.2) is 0 Å². The monoisotopic (exact) mass is 303 g/mol. The summed E-state index contributed by atoms with van der Waals surface area (Å²) in [6.45, 7) is 4.07. The van der Waals surface area contributed by atoms with E-state index in [0.717, 1.165) is 38.2 Å². The molecule has 3 unspecified atom stereocenters. The summed E-state index contributed by atoms with van der Waals surface area (Å²) < 4.78 is 17.2. The summed E-state index contributed by atoms with van der Waals surface area (Å²) in [5, 5.41) is 3.64. The van der Waals surface area contributed by atoms with Crippen molar-refractivity contribution in [3.8, 4) is 0 Å². The van der Waals surface area contributed by atoms with Gasteiger partial charge in [-0.25, -0.2) is 0 Å². The minimum absolute atomic E-state index is 0.117. The third-order valence-corrected chi connectivity index (χ3v) is 5.72. The van der Waals surface area contributed by atoms with Gasteiger partial charge in [-0.3, -0.25) is 0 Å². The minimum Gasteiger partial charge on any atom is -0.374 e. The minimum atomic E-state index is -0.171. The maximum absolute atomic E-state index is 6.13. The quantitative estimate of drug-likeness (QED) is 0.731. The molecule has 4 nitrogen and oxygen atoms in total. The van der Waals surface area contributed by atoms with Crippen LogP contribution in [-0.2, 0) is 14.2 Å². The molecule has 0 amide bonds. The number of nitrogens with one attached hydrogen (secondary N) is 1. The zero-order valence-corrected chi connectivity index (χ0v) is 13.8. The first-order chi connectivity index (χ1) is 9.74. The Kier molecular flexibility index (Phi) is 6.62. The van der Waals surface area contributed by atoms with E-state index in [2.05, 4.69) is 12.2 Å². The number of hydrogen-bond donors (Lipinski definition) is 1. The molecule has 2 saturated heterocycles. The fraction of sp³-hybridized carbons (Fsp3) is 1.00. The Bertz CT molecular complexity index is 280. The molecule has 118 valence electrons. The van der Waals surface area contributed by atoms with Gasteiger partial charge in [0.2, 0.25) is 0 Å². The number of hydrogen-bond acceptors (Lipinski definition) is 5. The summed E-state index contributed by atoms with van der Waals surface area (Å²) in [5.41, 5.74) is 0.117. The molecule has 2 rings (SSSR count). The predicted molar refractivity (Wildman–Crippen MR) is 83.2 cm³/mol. The van der Waals surface area contributed by atoms with Crippen LogP contribution in [-0.4, -0.2) is 56.8 Å². The Balaban J connectivity index is 2.02. The molecular formula is C15H29NO3S. The molecule has 0 aromatic rings. The molecule has 0 saturated carbocycles. The molecule has 5 heteroatoms. The SMILES string of the molecule is CCCNC(C1CCOC2(CCSC2)C1)C(OC)OC. The Hall–Kier alpha value is 0.190. The smallest absolute Gasteiger partial charge is 0.172 e. The molecule has 0 bridgehead atoms. The maximum Gasteiger partial charge on any atom is 0.172 e. The molecular weight excluding hydrogens is 274 g/mol. The highest BCUT2D eigenvalue weighted by Crippen LogP contribution is 2.41. The largest absolute Gasteiger partial charge is 0.374 e. The number of ether oxygens (including phenoxy) is 3. The van der Waals surface area contributed by atoms with Crippen LogP contribution >= 0.6 is 11.8 Å². The van der Waals surface area contributed by atoms with Crippen molar-refractivity contribution in [2.24, 2.45) is 5.92 Å². The average Bonchev–Trinajstić information content (AvgIpc) is 2.91. The Labute approximate surface area is 127 Å². The number of rotatable bonds is 7. The first-order valence-electron chi connectivity index (χ1n) is 7.75. The highest BCUT2D eigenvalue weighted by atomic mass is 32.2. The van der Waals surface area contributed by atoms with Gasteiger partial charge in [-0.05, 0) is 43.9 Å². The number of methoxy groups -OCH3 is 2. The Morgan fingerprint density at radius 2 is 2.20 bits per heavy atom. The van der Waals surface area contributed by atoms with Crippen molar-refractivity contribution in [3.05, 3.63) is 0 Å². The molecule has 1 spiro atoms. The van der Waals surface area contributed by atoms with Gasteiger partial charge >= 0.3 is 0 Å². The summed E-state index contributed by atoms with van der Waals surface area (Å²) in [5.74, 6) is 2.95. The third-order valence-electron chi connectivity index (χ3n) is 4.49. The summed E-state index contributed by atoms with van der Waals surface area (Å²) in [7, 11) is 3.46. The fourth-order valence-corrected chi connectivity index (χ4v) is 4.80. The van der Waals surface area contributed by atoms with Crippen molar-refractivity contribution in [2.75, 3.05) is 38.9 Å². The van der Waals surface area contributed by atoms with Crippen molar-refractivity contribution in [3.63, 3.8) is 0 Å². The Morgan fingerprint density at radius 1 is 1.40 bits per heavy atom. The highest BCUT2D eigenvalue weighted by molar-refractivity contribution is 7.99. The molecule has 2 aliphatic heterocycles. The topological polar surface area (TPSA) is 39.7 Å². The van der Waals surface area contributed by atoms with Crippen molar-refractivity contribution < 1.29 is 14.2 Å². The van der Waals surface area contributed by atoms with E-state index in [1.54, 1.807) is 14.2 Å². The van der Waals surface area contributed by atoms with E-state index < -0.39 is 0 Å². The standard InChI is InChI=1S/C15H29NO3S/c1-4-7-16-13(14(17-2)18-3)12-5-8-19-15(10-12)6-9-20-11-15/h12-14,16H,4-11H2,1-3H3. The van der Waals surface area contributed by atoms with Crippen LogP contribution in [0.1, 0.15) is 32.6 Å². The van der Waals surface area contributed by atoms with Crippen molar-refractivity contribution in [2.45, 2.75) is 50.5 Å². The maximum atomic E-state index is 6.13. The van der Waals surface area contributed by atoms with Crippen LogP contribution in [0.3, 0.4) is 0 Å². The van der Waals surface area contributed by atoms with E-state index in [1.165, 1.54) is 12.2 Å². The van der Waals surface area contributed by atoms with Gasteiger partial charge in [-0.2, -0.15) is 11.8 Å². The van der Waals surface area contributed by atoms with Crippen molar-refractivity contribution in [1.29, 1.82) is 0 Å². The molecule has 2 fully saturated rings. The van der Waals surface area contributed by atoms with E-state index >= 15 is 0 Å². The molecule has 0 radical (unpaired) electrons. The molecule has 0 aromatic heterocycles. The number of thioether (sulfide) groups is 1. The van der Waals surface area contributed by atoms with E-state index in [0.29, 0.717) is 5.92 Å². The van der Waals surface area contributed by atoms with Crippen molar-refractivity contribution in [1.82, 2.24) is 5.32 Å². The average molecular weight is 303 g/mol. The molecule has 2 heterocycles. The zero-order chi connectivity index (χ0) is 14.4. The molecule has 2 aliphatic rings. The summed E-state index contributed by atoms with van der Waals surface area (Å²) in [4.78, 5) is 0. The van der Waals surface area contributed by atoms with Crippen LogP contribution in [0.5, 0.6) is 0 Å². The second kappa shape index (κ2) is 7.99. The fourth-order valence-electron chi connectivity index (χ4n) is 3.42. The first kappa shape index (κ1) is 16.6. The normalized spacial score (nSPS) is 32.1. The van der Waals surface area contributed by atoms with Crippen LogP contribution in [0.25, 0.3) is 0 Å². The van der Waals surface area contributed by atoms with Crippen LogP contribution < -0.4 is 5.32 Å². The highest BCUT2D eigenvalue weighted by Gasteiger charge is 2.44. The van der Waals surface area contributed by atoms with Gasteiger partial charge in [-0.15, -0.1) is 0 Å². The van der Waals surface area contributed by atoms with Crippen LogP contribution in [0.4, 0.5) is 0 Å². The lowest BCUT2D eigenvalue weighted by atomic mass is 9.81. The van der Waals surface area contributed by atoms with Gasteiger partial charge in [-0.1, -0.05) is 6.92 Å². The predicted octanol–water partition coefficient (Wildman–Crippen LogP) is 2.28. The lowest BCUT2D eigenvalue weighted by molar-refractivity contribution is -0.154. The molecule has 0 aliphatic carbocycles. The van der Waals surface area contributed by atoms with Gasteiger partial charge in [0, 0.05) is 26.6 Å². The van der Waals surface area contributed by atoms with Gasteiger partial charge in [0.1, 0.15) is 0 Å². The molecule has 1 N–H and O–H groups in total. The van der Waals surface area contributed by atoms with Crippen molar-refractivity contribution >= 4 is 11.8 Å². The lowest BCUT2D eigenvalue weighted by Gasteiger charge is -2.42. The van der Waals surface area contributed by atoms with Gasteiger partial charge in [0.05, 0.1) is 11.6 Å². The van der Waals surface area contributed by atoms with Gasteiger partial charge in [0.15, 0.2) is 6.29 Å².